The molecule has 192 valence electrons. The number of amides is 1. The number of hydrogen-bond acceptors (Lipinski definition) is 7. The fourth-order valence-corrected chi connectivity index (χ4v) is 4.31. The van der Waals surface area contributed by atoms with Crippen molar-refractivity contribution in [2.75, 3.05) is 18.4 Å². The normalized spacial score (nSPS) is 19.4. The molecular formula is C24H27F3N6O3. The van der Waals surface area contributed by atoms with E-state index < -0.39 is 23.5 Å². The van der Waals surface area contributed by atoms with Gasteiger partial charge in [0.25, 0.3) is 11.5 Å². The van der Waals surface area contributed by atoms with E-state index in [-0.39, 0.29) is 46.2 Å². The van der Waals surface area contributed by atoms with E-state index in [1.165, 1.54) is 43.8 Å². The summed E-state index contributed by atoms with van der Waals surface area (Å²) in [5.41, 5.74) is -1.42. The fraction of sp³-hybridized carbons (Fsp3) is 0.458. The number of halogens is 3. The molecule has 3 aromatic heterocycles. The van der Waals surface area contributed by atoms with Gasteiger partial charge in [-0.15, -0.1) is 0 Å². The number of morpholine rings is 1. The molecule has 0 bridgehead atoms. The smallest absolute Gasteiger partial charge is 0.377 e. The van der Waals surface area contributed by atoms with Crippen LogP contribution in [0.2, 0.25) is 0 Å². The van der Waals surface area contributed by atoms with Gasteiger partial charge in [-0.05, 0) is 45.9 Å². The van der Waals surface area contributed by atoms with Gasteiger partial charge < -0.3 is 15.0 Å². The Morgan fingerprint density at radius 1 is 1.19 bits per heavy atom. The van der Waals surface area contributed by atoms with Gasteiger partial charge in [0.2, 0.25) is 0 Å². The van der Waals surface area contributed by atoms with Gasteiger partial charge in [0.15, 0.2) is 11.3 Å². The molecule has 36 heavy (non-hydrogen) atoms. The summed E-state index contributed by atoms with van der Waals surface area (Å²) < 4.78 is 48.5. The molecule has 1 fully saturated rings. The van der Waals surface area contributed by atoms with Crippen molar-refractivity contribution in [2.24, 2.45) is 7.05 Å². The first-order valence-electron chi connectivity index (χ1n) is 11.5. The maximum atomic E-state index is 13.9. The molecule has 4 rings (SSSR count). The monoisotopic (exact) mass is 504 g/mol. The van der Waals surface area contributed by atoms with Crippen LogP contribution in [0, 0.1) is 6.92 Å². The molecule has 4 heterocycles. The quantitative estimate of drug-likeness (QED) is 0.581. The Morgan fingerprint density at radius 3 is 2.44 bits per heavy atom. The van der Waals surface area contributed by atoms with Gasteiger partial charge in [-0.25, -0.2) is 15.0 Å². The highest BCUT2D eigenvalue weighted by molar-refractivity contribution is 5.92. The molecular weight excluding hydrogens is 477 g/mol. The van der Waals surface area contributed by atoms with E-state index in [4.69, 9.17) is 4.74 Å². The molecule has 3 aromatic rings. The molecule has 0 aliphatic carbocycles. The van der Waals surface area contributed by atoms with Crippen molar-refractivity contribution in [3.8, 4) is 0 Å². The molecule has 3 unspecified atom stereocenters. The Labute approximate surface area is 205 Å². The summed E-state index contributed by atoms with van der Waals surface area (Å²) in [6.45, 7) is 7.73. The van der Waals surface area contributed by atoms with Crippen LogP contribution in [0.15, 0.2) is 29.2 Å². The summed E-state index contributed by atoms with van der Waals surface area (Å²) >= 11 is 0. The van der Waals surface area contributed by atoms with Crippen LogP contribution in [0.4, 0.5) is 18.9 Å². The van der Waals surface area contributed by atoms with Gasteiger partial charge in [0, 0.05) is 25.7 Å². The molecule has 3 atom stereocenters. The Morgan fingerprint density at radius 2 is 1.86 bits per heavy atom. The van der Waals surface area contributed by atoms with Crippen molar-refractivity contribution in [2.45, 2.75) is 52.1 Å². The largest absolute Gasteiger partial charge is 0.433 e. The summed E-state index contributed by atoms with van der Waals surface area (Å²) in [4.78, 5) is 39.1. The summed E-state index contributed by atoms with van der Waals surface area (Å²) in [5, 5.41) is 2.96. The number of alkyl halides is 3. The van der Waals surface area contributed by atoms with Crippen molar-refractivity contribution < 1.29 is 22.7 Å². The number of hydrogen-bond donors (Lipinski definition) is 1. The second-order valence-corrected chi connectivity index (χ2v) is 9.08. The molecule has 1 aliphatic heterocycles. The second kappa shape index (κ2) is 9.49. The van der Waals surface area contributed by atoms with Gasteiger partial charge in [-0.1, -0.05) is 0 Å². The van der Waals surface area contributed by atoms with Crippen molar-refractivity contribution >= 4 is 22.6 Å². The van der Waals surface area contributed by atoms with Crippen LogP contribution >= 0.6 is 0 Å². The number of nitrogens with one attached hydrogen (secondary N) is 1. The van der Waals surface area contributed by atoms with Crippen LogP contribution in [0.5, 0.6) is 0 Å². The lowest BCUT2D eigenvalue weighted by Crippen LogP contribution is -2.48. The van der Waals surface area contributed by atoms with E-state index in [0.29, 0.717) is 18.8 Å². The van der Waals surface area contributed by atoms with Crippen molar-refractivity contribution in [1.29, 1.82) is 0 Å². The van der Waals surface area contributed by atoms with Crippen LogP contribution in [0.3, 0.4) is 0 Å². The molecule has 0 saturated carbocycles. The van der Waals surface area contributed by atoms with Crippen LogP contribution in [0.1, 0.15) is 54.4 Å². The highest BCUT2D eigenvalue weighted by Crippen LogP contribution is 2.35. The third-order valence-electron chi connectivity index (χ3n) is 6.13. The van der Waals surface area contributed by atoms with Gasteiger partial charge in [0.1, 0.15) is 11.5 Å². The number of carbonyl (C=O) groups excluding carboxylic acids is 1. The first-order valence-corrected chi connectivity index (χ1v) is 11.5. The molecule has 9 nitrogen and oxygen atoms in total. The third-order valence-corrected chi connectivity index (χ3v) is 6.13. The fourth-order valence-electron chi connectivity index (χ4n) is 4.31. The van der Waals surface area contributed by atoms with Crippen molar-refractivity contribution in [3.05, 3.63) is 57.5 Å². The molecule has 1 N–H and O–H groups in total. The van der Waals surface area contributed by atoms with Crippen LogP contribution in [-0.4, -0.2) is 55.6 Å². The average molecular weight is 505 g/mol. The zero-order valence-electron chi connectivity index (χ0n) is 20.6. The molecule has 0 spiro atoms. The predicted molar refractivity (Wildman–Crippen MR) is 127 cm³/mol. The maximum Gasteiger partial charge on any atom is 0.433 e. The Kier molecular flexibility index (Phi) is 6.74. The Bertz CT molecular complexity index is 1350. The summed E-state index contributed by atoms with van der Waals surface area (Å²) in [5.74, 6) is 0.0158. The number of anilines is 1. The number of rotatable bonds is 4. The van der Waals surface area contributed by atoms with Gasteiger partial charge in [-0.2, -0.15) is 13.2 Å². The minimum atomic E-state index is -4.75. The number of pyridine rings is 2. The predicted octanol–water partition coefficient (Wildman–Crippen LogP) is 3.47. The lowest BCUT2D eigenvalue weighted by molar-refractivity contribution is -0.141. The maximum absolute atomic E-state index is 13.9. The summed E-state index contributed by atoms with van der Waals surface area (Å²) in [6.07, 6.45) is -3.54. The van der Waals surface area contributed by atoms with Gasteiger partial charge in [-0.3, -0.25) is 14.2 Å². The first-order chi connectivity index (χ1) is 16.8. The highest BCUT2D eigenvalue weighted by Gasteiger charge is 2.37. The zero-order chi connectivity index (χ0) is 26.4. The Hall–Kier alpha value is -3.54. The minimum absolute atomic E-state index is 0.00668. The SMILES string of the molecule is Cc1nc2nc(C(F)(F)F)c(C(C)Nc3ccc(C(=O)N4CC(C)OC(C)C4)nc3)cc2c(=O)n1C. The molecule has 1 aliphatic rings. The Balaban J connectivity index is 1.61. The summed E-state index contributed by atoms with van der Waals surface area (Å²) in [7, 11) is 1.50. The van der Waals surface area contributed by atoms with E-state index in [1.54, 1.807) is 11.0 Å². The van der Waals surface area contributed by atoms with E-state index in [1.807, 2.05) is 13.8 Å². The van der Waals surface area contributed by atoms with E-state index in [2.05, 4.69) is 20.3 Å². The number of aromatic nitrogens is 4. The van der Waals surface area contributed by atoms with E-state index in [0.717, 1.165) is 0 Å². The molecule has 0 aromatic carbocycles. The van der Waals surface area contributed by atoms with Crippen LogP contribution in [0.25, 0.3) is 11.0 Å². The molecule has 12 heteroatoms. The molecule has 1 saturated heterocycles. The highest BCUT2D eigenvalue weighted by atomic mass is 19.4. The number of fused-ring (bicyclic) bond motifs is 1. The average Bonchev–Trinajstić information content (AvgIpc) is 2.81. The first kappa shape index (κ1) is 25.5. The second-order valence-electron chi connectivity index (χ2n) is 9.08. The lowest BCUT2D eigenvalue weighted by Gasteiger charge is -2.35. The standard InChI is InChI=1S/C24H27F3N6O3/c1-12-10-33(11-13(2)36-12)23(35)19-7-6-16(9-28-19)29-14(3)17-8-18-21(31-20(17)24(25,26)27)30-15(4)32(5)22(18)34/h6-9,12-14,29H,10-11H2,1-5H3. The zero-order valence-corrected chi connectivity index (χ0v) is 20.6. The molecule has 1 amide bonds. The van der Waals surface area contributed by atoms with Crippen LogP contribution < -0.4 is 10.9 Å². The molecule has 0 radical (unpaired) electrons. The van der Waals surface area contributed by atoms with Crippen molar-refractivity contribution in [3.63, 3.8) is 0 Å². The van der Waals surface area contributed by atoms with Crippen molar-refractivity contribution in [1.82, 2.24) is 24.4 Å². The number of aryl methyl sites for hydroxylation is 1. The van der Waals surface area contributed by atoms with Gasteiger partial charge in [0.05, 0.1) is 35.5 Å². The summed E-state index contributed by atoms with van der Waals surface area (Å²) in [6, 6.07) is 3.40. The van der Waals surface area contributed by atoms with Gasteiger partial charge >= 0.3 is 6.18 Å². The topological polar surface area (TPSA) is 102 Å². The number of nitrogens with zero attached hydrogens (tertiary/aromatic N) is 5. The van der Waals surface area contributed by atoms with E-state index >= 15 is 0 Å². The number of carbonyl (C=O) groups is 1. The van der Waals surface area contributed by atoms with E-state index in [9.17, 15) is 22.8 Å². The lowest BCUT2D eigenvalue weighted by atomic mass is 10.0. The minimum Gasteiger partial charge on any atom is -0.377 e. The van der Waals surface area contributed by atoms with Crippen LogP contribution in [-0.2, 0) is 18.0 Å². The third kappa shape index (κ3) is 5.03. The number of ether oxygens (including phenoxy) is 1.